The van der Waals surface area contributed by atoms with Gasteiger partial charge in [-0.25, -0.2) is 4.79 Å². The van der Waals surface area contributed by atoms with Crippen LogP contribution in [-0.2, 0) is 17.1 Å². The number of hydrogen-bond donors (Lipinski definition) is 0. The van der Waals surface area contributed by atoms with E-state index in [1.165, 1.54) is 32.0 Å². The van der Waals surface area contributed by atoms with Crippen molar-refractivity contribution in [3.63, 3.8) is 0 Å². The van der Waals surface area contributed by atoms with Crippen molar-refractivity contribution in [1.29, 1.82) is 0 Å². The number of alkyl halides is 9. The van der Waals surface area contributed by atoms with Crippen LogP contribution in [0.25, 0.3) is 0 Å². The zero-order chi connectivity index (χ0) is 27.9. The molecule has 2 aromatic carbocycles. The van der Waals surface area contributed by atoms with E-state index in [4.69, 9.17) is 4.74 Å². The zero-order valence-corrected chi connectivity index (χ0v) is 19.3. The number of carbonyl (C=O) groups excluding carboxylic acids is 2. The van der Waals surface area contributed by atoms with Gasteiger partial charge in [-0.1, -0.05) is 25.1 Å². The van der Waals surface area contributed by atoms with Crippen molar-refractivity contribution in [3.8, 4) is 0 Å². The van der Waals surface area contributed by atoms with E-state index in [0.29, 0.717) is 0 Å². The van der Waals surface area contributed by atoms with Crippen molar-refractivity contribution < 1.29 is 53.8 Å². The molecule has 0 saturated heterocycles. The molecule has 202 valence electrons. The van der Waals surface area contributed by atoms with Gasteiger partial charge in [-0.15, -0.1) is 0 Å². The van der Waals surface area contributed by atoms with Crippen LogP contribution < -0.4 is 4.90 Å². The summed E-state index contributed by atoms with van der Waals surface area (Å²) < 4.78 is 128. The van der Waals surface area contributed by atoms with Crippen LogP contribution in [0.4, 0.5) is 50.0 Å². The molecular formula is C24H20F9NO3. The maximum absolute atomic E-state index is 14.5. The number of para-hydroxylation sites is 1. The molecule has 0 N–H and O–H groups in total. The molecular weight excluding hydrogens is 521 g/mol. The summed E-state index contributed by atoms with van der Waals surface area (Å²) in [5.74, 6) is -6.46. The van der Waals surface area contributed by atoms with Crippen LogP contribution >= 0.6 is 0 Å². The fourth-order valence-electron chi connectivity index (χ4n) is 4.58. The Kier molecular flexibility index (Phi) is 7.58. The summed E-state index contributed by atoms with van der Waals surface area (Å²) in [5.41, 5.74) is -5.39. The van der Waals surface area contributed by atoms with Gasteiger partial charge in [-0.05, 0) is 43.2 Å². The molecule has 2 aromatic rings. The summed E-state index contributed by atoms with van der Waals surface area (Å²) in [6.07, 6.45) is -17.3. The minimum Gasteiger partial charge on any atom is -0.449 e. The minimum absolute atomic E-state index is 0.103. The Morgan fingerprint density at radius 1 is 0.865 bits per heavy atom. The van der Waals surface area contributed by atoms with Gasteiger partial charge in [0.1, 0.15) is 0 Å². The zero-order valence-electron chi connectivity index (χ0n) is 19.3. The van der Waals surface area contributed by atoms with Crippen LogP contribution in [-0.4, -0.2) is 30.7 Å². The Bertz CT molecular complexity index is 1140. The number of Topliss-reactive ketones (excluding diaryl/α,β-unsaturated/α-hetero) is 1. The number of halogens is 9. The molecule has 1 amide bonds. The van der Waals surface area contributed by atoms with Gasteiger partial charge in [0, 0.05) is 5.56 Å². The predicted molar refractivity (Wildman–Crippen MR) is 113 cm³/mol. The molecule has 0 radical (unpaired) electrons. The number of rotatable bonds is 4. The molecule has 3 atom stereocenters. The van der Waals surface area contributed by atoms with E-state index in [1.807, 2.05) is 0 Å². The average molecular weight is 541 g/mol. The highest BCUT2D eigenvalue weighted by Crippen LogP contribution is 2.51. The quantitative estimate of drug-likeness (QED) is 0.296. The van der Waals surface area contributed by atoms with E-state index >= 15 is 0 Å². The second-order valence-corrected chi connectivity index (χ2v) is 8.31. The Morgan fingerprint density at radius 2 is 1.41 bits per heavy atom. The van der Waals surface area contributed by atoms with E-state index in [-0.39, 0.29) is 42.5 Å². The van der Waals surface area contributed by atoms with Crippen LogP contribution in [0.15, 0.2) is 42.5 Å². The second-order valence-electron chi connectivity index (χ2n) is 8.31. The summed E-state index contributed by atoms with van der Waals surface area (Å²) in [6, 6.07) is 3.18. The first-order chi connectivity index (χ1) is 17.0. The Labute approximate surface area is 205 Å². The summed E-state index contributed by atoms with van der Waals surface area (Å²) >= 11 is 0. The molecule has 1 unspecified atom stereocenters. The van der Waals surface area contributed by atoms with Gasteiger partial charge >= 0.3 is 24.6 Å². The number of ether oxygens (including phenoxy) is 1. The number of amides is 1. The molecule has 0 aliphatic carbocycles. The highest BCUT2D eigenvalue weighted by molar-refractivity contribution is 6.04. The van der Waals surface area contributed by atoms with E-state index in [9.17, 15) is 49.1 Å². The average Bonchev–Trinajstić information content (AvgIpc) is 2.80. The predicted octanol–water partition coefficient (Wildman–Crippen LogP) is 7.62. The summed E-state index contributed by atoms with van der Waals surface area (Å²) in [7, 11) is 0. The number of carbonyl (C=O) groups is 2. The van der Waals surface area contributed by atoms with Gasteiger partial charge in [-0.2, -0.15) is 39.5 Å². The van der Waals surface area contributed by atoms with Crippen molar-refractivity contribution in [1.82, 2.24) is 0 Å². The van der Waals surface area contributed by atoms with Crippen molar-refractivity contribution in [3.05, 3.63) is 64.7 Å². The third kappa shape index (κ3) is 5.54. The smallest absolute Gasteiger partial charge is 0.416 e. The molecule has 0 saturated carbocycles. The van der Waals surface area contributed by atoms with Crippen molar-refractivity contribution in [2.75, 3.05) is 11.5 Å². The number of anilines is 1. The van der Waals surface area contributed by atoms with Gasteiger partial charge in [0.2, 0.25) is 0 Å². The largest absolute Gasteiger partial charge is 0.449 e. The second kappa shape index (κ2) is 9.90. The highest BCUT2D eigenvalue weighted by atomic mass is 19.4. The summed E-state index contributed by atoms with van der Waals surface area (Å²) in [5, 5.41) is 0. The number of hydrogen-bond acceptors (Lipinski definition) is 3. The third-order valence-corrected chi connectivity index (χ3v) is 6.05. The first-order valence-electron chi connectivity index (χ1n) is 11.0. The van der Waals surface area contributed by atoms with Crippen LogP contribution in [0.5, 0.6) is 0 Å². The molecule has 0 spiro atoms. The molecule has 0 bridgehead atoms. The molecule has 1 heterocycles. The number of benzene rings is 2. The van der Waals surface area contributed by atoms with E-state index in [0.717, 1.165) is 11.0 Å². The third-order valence-electron chi connectivity index (χ3n) is 6.05. The fraction of sp³-hybridized carbons (Fsp3) is 0.417. The van der Waals surface area contributed by atoms with Crippen LogP contribution in [0, 0.1) is 5.92 Å². The highest BCUT2D eigenvalue weighted by Gasteiger charge is 2.58. The van der Waals surface area contributed by atoms with E-state index < -0.39 is 65.0 Å². The standard InChI is InChI=1S/C24H20F9NO3/c1-3-16-19(24(31,32)33)18(15-7-5-6-8-17(15)34(16)21(36)37-4-2)20(35)12-9-13(22(25,26)27)11-14(10-12)23(28,29)30/h5-11,16,18-19H,3-4H2,1-2H3/t16-,18?,19+/m1/s1. The molecule has 0 aromatic heterocycles. The van der Waals surface area contributed by atoms with Gasteiger partial charge in [0.25, 0.3) is 0 Å². The number of ketones is 1. The lowest BCUT2D eigenvalue weighted by atomic mass is 9.71. The first kappa shape index (κ1) is 28.3. The summed E-state index contributed by atoms with van der Waals surface area (Å²) in [6.45, 7) is 2.54. The normalized spacial score (nSPS) is 20.4. The van der Waals surface area contributed by atoms with Gasteiger partial charge in [0.15, 0.2) is 5.78 Å². The van der Waals surface area contributed by atoms with Crippen molar-refractivity contribution >= 4 is 17.6 Å². The van der Waals surface area contributed by atoms with Crippen molar-refractivity contribution in [2.24, 2.45) is 5.92 Å². The molecule has 13 heteroatoms. The molecule has 1 aliphatic rings. The molecule has 4 nitrogen and oxygen atoms in total. The van der Waals surface area contributed by atoms with Crippen molar-refractivity contribution in [2.45, 2.75) is 50.8 Å². The van der Waals surface area contributed by atoms with Crippen LogP contribution in [0.2, 0.25) is 0 Å². The van der Waals surface area contributed by atoms with Crippen LogP contribution in [0.1, 0.15) is 53.2 Å². The fourth-order valence-corrected chi connectivity index (χ4v) is 4.58. The maximum Gasteiger partial charge on any atom is 0.416 e. The Hall–Kier alpha value is -3.25. The Morgan fingerprint density at radius 3 is 1.86 bits per heavy atom. The molecule has 1 aliphatic heterocycles. The number of fused-ring (bicyclic) bond motifs is 1. The Balaban J connectivity index is 2.31. The van der Waals surface area contributed by atoms with E-state index in [1.54, 1.807) is 0 Å². The maximum atomic E-state index is 14.5. The lowest BCUT2D eigenvalue weighted by Gasteiger charge is -2.45. The van der Waals surface area contributed by atoms with Gasteiger partial charge in [0.05, 0.1) is 41.3 Å². The SMILES string of the molecule is CCOC(=O)N1c2ccccc2C(C(=O)c2cc(C(F)(F)F)cc(C(F)(F)F)c2)[C@@H](C(F)(F)F)[C@H]1CC. The molecule has 3 rings (SSSR count). The summed E-state index contributed by atoms with van der Waals surface area (Å²) in [4.78, 5) is 26.9. The molecule has 37 heavy (non-hydrogen) atoms. The topological polar surface area (TPSA) is 46.6 Å². The van der Waals surface area contributed by atoms with Gasteiger partial charge < -0.3 is 4.74 Å². The minimum atomic E-state index is -5.31. The lowest BCUT2D eigenvalue weighted by Crippen LogP contribution is -2.56. The number of nitrogens with zero attached hydrogens (tertiary/aromatic N) is 1. The monoisotopic (exact) mass is 541 g/mol. The molecule has 0 fully saturated rings. The lowest BCUT2D eigenvalue weighted by molar-refractivity contribution is -0.184. The first-order valence-corrected chi connectivity index (χ1v) is 11.0. The van der Waals surface area contributed by atoms with Gasteiger partial charge in [-0.3, -0.25) is 9.69 Å². The van der Waals surface area contributed by atoms with E-state index in [2.05, 4.69) is 0 Å². The van der Waals surface area contributed by atoms with Crippen LogP contribution in [0.3, 0.4) is 0 Å².